The second-order valence-corrected chi connectivity index (χ2v) is 25.0. The van der Waals surface area contributed by atoms with E-state index in [0.29, 0.717) is 36.8 Å². The number of guanidine groups is 2. The van der Waals surface area contributed by atoms with Gasteiger partial charge < -0.3 is 88.0 Å². The van der Waals surface area contributed by atoms with Crippen molar-refractivity contribution < 1.29 is 47.9 Å². The van der Waals surface area contributed by atoms with E-state index in [4.69, 9.17) is 40.1 Å². The van der Waals surface area contributed by atoms with Gasteiger partial charge in [0.2, 0.25) is 59.1 Å². The molecule has 2 aromatic carbocycles. The lowest BCUT2D eigenvalue weighted by molar-refractivity contribution is -0.137. The smallest absolute Gasteiger partial charge is 0.243 e. The van der Waals surface area contributed by atoms with Gasteiger partial charge in [-0.3, -0.25) is 57.9 Å². The molecule has 0 spiro atoms. The molecule has 12 atom stereocenters. The number of aliphatic imine (C=N–C) groups is 2. The fraction of sp³-hybridized carbons (Fsp3) is 0.593. The standard InChI is InChI=1S/C59H96N18O10S2/c1-7-34(5)46-56(86)74-44(48(62)78)32-89-88-31-38(61)49(79)69-40(24-17-27-67-58(63)64)51(81)73-42(29-36-19-11-9-12-20-36)53(83)70-39(23-15-16-26-60)50(80)72-43(30-37-21-13-10-14-22-37)54(84)71-41(25-18-28-68-59(65)66)52(82)76-47(35(6)8-2)57(87)75-45(33(3)4)55(85)77-46/h9-14,19-22,33-35,38-47H,7-8,15-18,23-32,60-61H2,1-6H3,(H2,62,78)(H,69,79)(H,70,83)(H,71,84)(H,72,80)(H,73,81)(H,74,86)(H,75,87)(H,76,82)(H,77,85)(H4,63,64,67)(H4,65,66,68)/t34-,35-,38-,39-,40-,41-,42-,43-,44-,45-,46-,47-/m0/s1. The van der Waals surface area contributed by atoms with Gasteiger partial charge in [0.1, 0.15) is 54.4 Å². The lowest BCUT2D eigenvalue weighted by Gasteiger charge is -2.31. The number of nitrogens with zero attached hydrogens (tertiary/aromatic N) is 2. The van der Waals surface area contributed by atoms with Crippen molar-refractivity contribution in [1.29, 1.82) is 0 Å². The molecule has 1 heterocycles. The first kappa shape index (κ1) is 75.5. The summed E-state index contributed by atoms with van der Waals surface area (Å²) in [6.07, 6.45) is 1.63. The number of unbranched alkanes of at least 4 members (excludes halogenated alkanes) is 1. The van der Waals surface area contributed by atoms with Crippen LogP contribution in [-0.4, -0.2) is 163 Å². The summed E-state index contributed by atoms with van der Waals surface area (Å²) in [4.78, 5) is 151. The molecule has 1 fully saturated rings. The number of nitrogens with one attached hydrogen (secondary N) is 9. The number of hydrogen-bond acceptors (Lipinski definition) is 16. The van der Waals surface area contributed by atoms with Gasteiger partial charge >= 0.3 is 0 Å². The van der Waals surface area contributed by atoms with E-state index < -0.39 is 137 Å². The highest BCUT2D eigenvalue weighted by Crippen LogP contribution is 2.23. The van der Waals surface area contributed by atoms with E-state index in [0.717, 1.165) is 21.6 Å². The topological polar surface area (TPSA) is 486 Å². The number of primary amides is 1. The quantitative estimate of drug-likeness (QED) is 0.0263. The molecule has 89 heavy (non-hydrogen) atoms. The van der Waals surface area contributed by atoms with Gasteiger partial charge in [-0.25, -0.2) is 0 Å². The Kier molecular flexibility index (Phi) is 34.0. The van der Waals surface area contributed by atoms with Gasteiger partial charge in [0, 0.05) is 37.4 Å². The van der Waals surface area contributed by atoms with E-state index in [2.05, 4.69) is 57.8 Å². The summed E-state index contributed by atoms with van der Waals surface area (Å²) >= 11 is 0. The highest BCUT2D eigenvalue weighted by atomic mass is 33.1. The highest BCUT2D eigenvalue weighted by molar-refractivity contribution is 8.76. The van der Waals surface area contributed by atoms with E-state index >= 15 is 0 Å². The average molecular weight is 1280 g/mol. The van der Waals surface area contributed by atoms with Gasteiger partial charge in [-0.15, -0.1) is 0 Å². The Bertz CT molecular complexity index is 2690. The molecule has 23 N–H and O–H groups in total. The molecule has 0 saturated carbocycles. The number of hydrogen-bond donors (Lipinski definition) is 16. The van der Waals surface area contributed by atoms with Gasteiger partial charge in [-0.2, -0.15) is 0 Å². The molecule has 494 valence electrons. The van der Waals surface area contributed by atoms with Gasteiger partial charge in [0.25, 0.3) is 0 Å². The third-order valence-corrected chi connectivity index (χ3v) is 17.4. The van der Waals surface area contributed by atoms with Crippen LogP contribution < -0.4 is 88.0 Å². The molecule has 3 rings (SSSR count). The second kappa shape index (κ2) is 40.0. The minimum Gasteiger partial charge on any atom is -0.370 e. The predicted molar refractivity (Wildman–Crippen MR) is 346 cm³/mol. The highest BCUT2D eigenvalue weighted by Gasteiger charge is 2.38. The third kappa shape index (κ3) is 27.3. The Morgan fingerprint density at radius 1 is 0.472 bits per heavy atom. The maximum Gasteiger partial charge on any atom is 0.243 e. The van der Waals surface area contributed by atoms with Crippen LogP contribution in [0.5, 0.6) is 0 Å². The van der Waals surface area contributed by atoms with Gasteiger partial charge in [0.05, 0.1) is 6.04 Å². The zero-order chi connectivity index (χ0) is 66.2. The van der Waals surface area contributed by atoms with Crippen molar-refractivity contribution in [1.82, 2.24) is 47.9 Å². The van der Waals surface area contributed by atoms with Crippen LogP contribution in [0.3, 0.4) is 0 Å². The van der Waals surface area contributed by atoms with Crippen LogP contribution in [0.2, 0.25) is 0 Å². The molecule has 30 heteroatoms. The zero-order valence-corrected chi connectivity index (χ0v) is 53.6. The Hall–Kier alpha value is -7.70. The lowest BCUT2D eigenvalue weighted by atomic mass is 9.94. The summed E-state index contributed by atoms with van der Waals surface area (Å²) in [5.41, 5.74) is 41.7. The SMILES string of the molecule is CC[C@H](C)[C@@H]1NC(=O)[C@H](CCCN=C(N)N)NC(=O)[C@H](Cc2ccccc2)NC(=O)[C@H](CCCCN)NC(=O)[C@H](Cc2ccccc2)NC(=O)[C@H](CCCN=C(N)N)NC(=O)[C@@H](N)CSSC[C@@H](C(N)=O)NC(=O)[C@H]([C@@H](C)CC)NC(=O)[C@H](C(C)C)NC1=O. The van der Waals surface area contributed by atoms with Crippen molar-refractivity contribution in [2.45, 2.75) is 173 Å². The van der Waals surface area contributed by atoms with Crippen LogP contribution in [-0.2, 0) is 60.8 Å². The zero-order valence-electron chi connectivity index (χ0n) is 51.9. The largest absolute Gasteiger partial charge is 0.370 e. The molecule has 28 nitrogen and oxygen atoms in total. The summed E-state index contributed by atoms with van der Waals surface area (Å²) in [6, 6.07) is 4.41. The van der Waals surface area contributed by atoms with Crippen LogP contribution in [0.4, 0.5) is 0 Å². The number of carbonyl (C=O) groups excluding carboxylic acids is 10. The molecule has 0 aromatic heterocycles. The molecule has 1 aliphatic rings. The van der Waals surface area contributed by atoms with Gasteiger partial charge in [-0.05, 0) is 80.4 Å². The summed E-state index contributed by atoms with van der Waals surface area (Å²) in [5, 5.41) is 24.9. The first-order valence-corrected chi connectivity index (χ1v) is 32.7. The monoisotopic (exact) mass is 1280 g/mol. The van der Waals surface area contributed by atoms with Crippen LogP contribution >= 0.6 is 21.6 Å². The maximum absolute atomic E-state index is 14.9. The first-order chi connectivity index (χ1) is 42.3. The van der Waals surface area contributed by atoms with Crippen LogP contribution in [0.15, 0.2) is 70.6 Å². The number of rotatable bonds is 22. The maximum atomic E-state index is 14.9. The van der Waals surface area contributed by atoms with E-state index in [1.54, 1.807) is 102 Å². The Labute approximate surface area is 529 Å². The number of carbonyl (C=O) groups is 10. The van der Waals surface area contributed by atoms with E-state index in [9.17, 15) is 47.9 Å². The molecule has 0 radical (unpaired) electrons. The van der Waals surface area contributed by atoms with Crippen molar-refractivity contribution in [3.05, 3.63) is 71.8 Å². The summed E-state index contributed by atoms with van der Waals surface area (Å²) in [7, 11) is 2.15. The van der Waals surface area contributed by atoms with E-state index in [1.165, 1.54) is 0 Å². The predicted octanol–water partition coefficient (Wildman–Crippen LogP) is -1.97. The molecule has 10 amide bonds. The van der Waals surface area contributed by atoms with Gasteiger partial charge in [0.15, 0.2) is 11.9 Å². The Morgan fingerprint density at radius 2 is 0.831 bits per heavy atom. The summed E-state index contributed by atoms with van der Waals surface area (Å²) in [6.45, 7) is 10.8. The van der Waals surface area contributed by atoms with Gasteiger partial charge in [-0.1, -0.05) is 137 Å². The molecule has 1 aliphatic heterocycles. The minimum absolute atomic E-state index is 0.0281. The molecular formula is C59H96N18O10S2. The van der Waals surface area contributed by atoms with Crippen molar-refractivity contribution in [3.8, 4) is 0 Å². The lowest BCUT2D eigenvalue weighted by Crippen LogP contribution is -2.62. The normalized spacial score (nSPS) is 24.6. The molecule has 0 unspecified atom stereocenters. The molecule has 0 bridgehead atoms. The number of nitrogens with two attached hydrogens (primary N) is 7. The molecular weight excluding hydrogens is 1180 g/mol. The second-order valence-electron chi connectivity index (χ2n) is 22.5. The number of amides is 10. The van der Waals surface area contributed by atoms with Crippen molar-refractivity contribution >= 4 is 92.6 Å². The molecule has 2 aromatic rings. The number of benzene rings is 2. The molecule has 0 aliphatic carbocycles. The molecule has 1 saturated heterocycles. The Balaban J connectivity index is 2.26. The van der Waals surface area contributed by atoms with E-state index in [1.807, 2.05) is 0 Å². The average Bonchev–Trinajstić information content (AvgIpc) is 2.22. The first-order valence-electron chi connectivity index (χ1n) is 30.2. The summed E-state index contributed by atoms with van der Waals surface area (Å²) < 4.78 is 0. The van der Waals surface area contributed by atoms with Crippen molar-refractivity contribution in [3.63, 3.8) is 0 Å². The Morgan fingerprint density at radius 3 is 1.25 bits per heavy atom. The minimum atomic E-state index is -1.39. The van der Waals surface area contributed by atoms with Crippen molar-refractivity contribution in [2.24, 2.45) is 67.9 Å². The van der Waals surface area contributed by atoms with Crippen molar-refractivity contribution in [2.75, 3.05) is 31.1 Å². The van der Waals surface area contributed by atoms with E-state index in [-0.39, 0.29) is 88.0 Å². The summed E-state index contributed by atoms with van der Waals surface area (Å²) in [5.74, 6) is -10.0. The fourth-order valence-corrected chi connectivity index (χ4v) is 11.5. The fourth-order valence-electron chi connectivity index (χ4n) is 9.24. The van der Waals surface area contributed by atoms with Crippen LogP contribution in [0, 0.1) is 17.8 Å². The third-order valence-electron chi connectivity index (χ3n) is 15.0. The van der Waals surface area contributed by atoms with Crippen LogP contribution in [0.25, 0.3) is 0 Å². The van der Waals surface area contributed by atoms with Crippen LogP contribution in [0.1, 0.15) is 110 Å².